The van der Waals surface area contributed by atoms with Gasteiger partial charge in [-0.15, -0.1) is 11.3 Å². The predicted molar refractivity (Wildman–Crippen MR) is 113 cm³/mol. The summed E-state index contributed by atoms with van der Waals surface area (Å²) in [5.74, 6) is 0.954. The molecule has 3 nitrogen and oxygen atoms in total. The minimum Gasteiger partial charge on any atom is -0.293 e. The summed E-state index contributed by atoms with van der Waals surface area (Å²) in [5, 5.41) is 0. The van der Waals surface area contributed by atoms with E-state index in [1.165, 1.54) is 32.1 Å². The van der Waals surface area contributed by atoms with Gasteiger partial charge < -0.3 is 0 Å². The molecule has 1 aliphatic rings. The first-order valence-corrected chi connectivity index (χ1v) is 10.4. The molecule has 0 unspecified atom stereocenters. The van der Waals surface area contributed by atoms with Gasteiger partial charge in [-0.25, -0.2) is 9.97 Å². The average molecular weight is 378 g/mol. The fraction of sp³-hybridized carbons (Fsp3) is 0.391. The number of fused-ring (bicyclic) bond motifs is 1. The molecule has 1 aliphatic heterocycles. The van der Waals surface area contributed by atoms with Crippen molar-refractivity contribution in [2.45, 2.75) is 52.6 Å². The van der Waals surface area contributed by atoms with Crippen LogP contribution in [0.2, 0.25) is 0 Å². The Kier molecular flexibility index (Phi) is 4.87. The molecule has 0 aliphatic carbocycles. The van der Waals surface area contributed by atoms with E-state index in [4.69, 9.17) is 4.98 Å². The highest BCUT2D eigenvalue weighted by Crippen LogP contribution is 2.32. The zero-order valence-electron chi connectivity index (χ0n) is 16.6. The van der Waals surface area contributed by atoms with E-state index in [0.717, 1.165) is 31.9 Å². The van der Waals surface area contributed by atoms with Gasteiger partial charge in [0.05, 0.1) is 0 Å². The Morgan fingerprint density at radius 3 is 2.70 bits per heavy atom. The van der Waals surface area contributed by atoms with Crippen molar-refractivity contribution >= 4 is 11.3 Å². The molecular weight excluding hydrogens is 350 g/mol. The zero-order chi connectivity index (χ0) is 19.0. The van der Waals surface area contributed by atoms with E-state index < -0.39 is 0 Å². The number of hydrogen-bond acceptors (Lipinski definition) is 4. The van der Waals surface area contributed by atoms with Crippen LogP contribution in [-0.4, -0.2) is 21.4 Å². The van der Waals surface area contributed by atoms with Gasteiger partial charge in [0.15, 0.2) is 0 Å². The van der Waals surface area contributed by atoms with Crippen LogP contribution in [0.15, 0.2) is 42.6 Å². The number of nitrogens with zero attached hydrogens (tertiary/aromatic N) is 3. The Balaban J connectivity index is 1.47. The molecule has 3 aromatic rings. The van der Waals surface area contributed by atoms with E-state index in [-0.39, 0.29) is 5.41 Å². The van der Waals surface area contributed by atoms with E-state index >= 15 is 0 Å². The van der Waals surface area contributed by atoms with Crippen LogP contribution < -0.4 is 0 Å². The summed E-state index contributed by atoms with van der Waals surface area (Å²) in [4.78, 5) is 14.8. The van der Waals surface area contributed by atoms with Crippen molar-refractivity contribution in [3.63, 3.8) is 0 Å². The van der Waals surface area contributed by atoms with Gasteiger partial charge in [-0.2, -0.15) is 0 Å². The fourth-order valence-corrected chi connectivity index (χ4v) is 4.69. The maximum atomic E-state index is 4.84. The lowest BCUT2D eigenvalue weighted by Crippen LogP contribution is -2.31. The largest absolute Gasteiger partial charge is 0.293 e. The Bertz CT molecular complexity index is 952. The lowest BCUT2D eigenvalue weighted by molar-refractivity contribution is 0.244. The standard InChI is InChI=1S/C23H27N3S/c1-16-7-5-6-8-19(16)21-10-9-18(27-21)15-26-12-11-20-17(14-26)13-24-22(25-20)23(2,3)4/h5-10,13H,11-12,14-15H2,1-4H3. The van der Waals surface area contributed by atoms with Crippen LogP contribution in [0, 0.1) is 6.92 Å². The van der Waals surface area contributed by atoms with Crippen LogP contribution in [-0.2, 0) is 24.9 Å². The lowest BCUT2D eigenvalue weighted by atomic mass is 9.95. The number of benzene rings is 1. The van der Waals surface area contributed by atoms with Crippen LogP contribution in [0.5, 0.6) is 0 Å². The van der Waals surface area contributed by atoms with Crippen molar-refractivity contribution in [1.82, 2.24) is 14.9 Å². The first-order valence-electron chi connectivity index (χ1n) is 9.62. The highest BCUT2D eigenvalue weighted by atomic mass is 32.1. The summed E-state index contributed by atoms with van der Waals surface area (Å²) < 4.78 is 0. The third-order valence-corrected chi connectivity index (χ3v) is 6.24. The van der Waals surface area contributed by atoms with Gasteiger partial charge >= 0.3 is 0 Å². The number of rotatable bonds is 3. The topological polar surface area (TPSA) is 29.0 Å². The van der Waals surface area contributed by atoms with Crippen LogP contribution in [0.1, 0.15) is 48.3 Å². The van der Waals surface area contributed by atoms with E-state index in [9.17, 15) is 0 Å². The molecule has 0 fully saturated rings. The number of thiophene rings is 1. The normalized spacial score (nSPS) is 15.0. The average Bonchev–Trinajstić information content (AvgIpc) is 3.09. The van der Waals surface area contributed by atoms with E-state index in [2.05, 4.69) is 74.0 Å². The molecule has 4 heteroatoms. The molecule has 0 N–H and O–H groups in total. The minimum absolute atomic E-state index is 0.00903. The molecule has 2 aromatic heterocycles. The van der Waals surface area contributed by atoms with Crippen LogP contribution in [0.4, 0.5) is 0 Å². The Morgan fingerprint density at radius 2 is 1.93 bits per heavy atom. The van der Waals surface area contributed by atoms with Gasteiger partial charge in [0.1, 0.15) is 5.82 Å². The van der Waals surface area contributed by atoms with Crippen molar-refractivity contribution in [2.75, 3.05) is 6.54 Å². The van der Waals surface area contributed by atoms with Crippen molar-refractivity contribution in [2.24, 2.45) is 0 Å². The predicted octanol–water partition coefficient (Wildman–Crippen LogP) is 5.37. The van der Waals surface area contributed by atoms with Gasteiger partial charge in [0.25, 0.3) is 0 Å². The van der Waals surface area contributed by atoms with E-state index in [1.807, 2.05) is 17.5 Å². The molecule has 140 valence electrons. The summed E-state index contributed by atoms with van der Waals surface area (Å²) in [6.45, 7) is 11.7. The molecule has 0 radical (unpaired) electrons. The molecule has 4 rings (SSSR count). The highest BCUT2D eigenvalue weighted by Gasteiger charge is 2.23. The SMILES string of the molecule is Cc1ccccc1-c1ccc(CN2CCc3nc(C(C)(C)C)ncc3C2)s1. The van der Waals surface area contributed by atoms with E-state index in [1.54, 1.807) is 0 Å². The summed E-state index contributed by atoms with van der Waals surface area (Å²) in [6.07, 6.45) is 3.05. The zero-order valence-corrected chi connectivity index (χ0v) is 17.4. The van der Waals surface area contributed by atoms with Gasteiger partial charge in [-0.1, -0.05) is 45.0 Å². The first-order chi connectivity index (χ1) is 12.9. The van der Waals surface area contributed by atoms with Gasteiger partial charge in [0.2, 0.25) is 0 Å². The van der Waals surface area contributed by atoms with Gasteiger partial charge in [-0.3, -0.25) is 4.90 Å². The molecule has 1 aromatic carbocycles. The van der Waals surface area contributed by atoms with Gasteiger partial charge in [-0.05, 0) is 30.2 Å². The van der Waals surface area contributed by atoms with Crippen molar-refractivity contribution in [3.8, 4) is 10.4 Å². The second kappa shape index (κ2) is 7.17. The quantitative estimate of drug-likeness (QED) is 0.614. The summed E-state index contributed by atoms with van der Waals surface area (Å²) in [7, 11) is 0. The molecule has 0 amide bonds. The molecule has 0 saturated carbocycles. The second-order valence-corrected chi connectivity index (χ2v) is 9.63. The third-order valence-electron chi connectivity index (χ3n) is 5.14. The monoisotopic (exact) mass is 377 g/mol. The Morgan fingerprint density at radius 1 is 1.11 bits per heavy atom. The number of aryl methyl sites for hydroxylation is 1. The molecule has 3 heterocycles. The molecule has 0 atom stereocenters. The Labute approximate surface area is 166 Å². The smallest absolute Gasteiger partial charge is 0.133 e. The lowest BCUT2D eigenvalue weighted by Gasteiger charge is -2.28. The molecule has 0 spiro atoms. The maximum Gasteiger partial charge on any atom is 0.133 e. The maximum absolute atomic E-state index is 4.84. The van der Waals surface area contributed by atoms with Crippen molar-refractivity contribution in [1.29, 1.82) is 0 Å². The summed E-state index contributed by atoms with van der Waals surface area (Å²) >= 11 is 1.91. The molecular formula is C23H27N3S. The van der Waals surface area contributed by atoms with E-state index in [0.29, 0.717) is 0 Å². The Hall–Kier alpha value is -2.04. The van der Waals surface area contributed by atoms with Crippen molar-refractivity contribution in [3.05, 3.63) is 70.1 Å². The summed E-state index contributed by atoms with van der Waals surface area (Å²) in [6, 6.07) is 13.2. The first kappa shape index (κ1) is 18.3. The molecule has 27 heavy (non-hydrogen) atoms. The van der Waals surface area contributed by atoms with Crippen LogP contribution in [0.25, 0.3) is 10.4 Å². The molecule has 0 saturated heterocycles. The third kappa shape index (κ3) is 3.97. The van der Waals surface area contributed by atoms with Crippen molar-refractivity contribution < 1.29 is 0 Å². The summed E-state index contributed by atoms with van der Waals surface area (Å²) in [5.41, 5.74) is 5.21. The van der Waals surface area contributed by atoms with Gasteiger partial charge in [0, 0.05) is 58.7 Å². The highest BCUT2D eigenvalue weighted by molar-refractivity contribution is 7.15. The minimum atomic E-state index is 0.00903. The number of hydrogen-bond donors (Lipinski definition) is 0. The fourth-order valence-electron chi connectivity index (χ4n) is 3.55. The number of aromatic nitrogens is 2. The molecule has 0 bridgehead atoms. The van der Waals surface area contributed by atoms with Crippen LogP contribution >= 0.6 is 11.3 Å². The van der Waals surface area contributed by atoms with Crippen LogP contribution in [0.3, 0.4) is 0 Å². The second-order valence-electron chi connectivity index (χ2n) is 8.46.